The summed E-state index contributed by atoms with van der Waals surface area (Å²) in [5.41, 5.74) is 14.3. The van der Waals surface area contributed by atoms with Crippen molar-refractivity contribution in [2.24, 2.45) is 11.7 Å². The lowest BCUT2D eigenvalue weighted by atomic mass is 9.87. The third kappa shape index (κ3) is 2.70. The lowest BCUT2D eigenvalue weighted by Gasteiger charge is -2.20. The second kappa shape index (κ2) is 5.84. The molecular weight excluding hydrogens is 250 g/mol. The van der Waals surface area contributed by atoms with Gasteiger partial charge in [-0.3, -0.25) is 4.79 Å². The number of anilines is 1. The number of nitrogens with zero attached hydrogens (tertiary/aromatic N) is 1. The number of pyridine rings is 1. The van der Waals surface area contributed by atoms with Gasteiger partial charge in [0.05, 0.1) is 5.56 Å². The minimum atomic E-state index is -0.359. The van der Waals surface area contributed by atoms with E-state index >= 15 is 0 Å². The van der Waals surface area contributed by atoms with Crippen molar-refractivity contribution in [2.75, 3.05) is 5.73 Å². The summed E-state index contributed by atoms with van der Waals surface area (Å²) >= 11 is 0. The van der Waals surface area contributed by atoms with Crippen molar-refractivity contribution in [3.05, 3.63) is 59.3 Å². The van der Waals surface area contributed by atoms with Crippen molar-refractivity contribution < 1.29 is 4.79 Å². The monoisotopic (exact) mass is 269 g/mol. The van der Waals surface area contributed by atoms with E-state index in [0.717, 1.165) is 11.1 Å². The van der Waals surface area contributed by atoms with Gasteiger partial charge in [-0.05, 0) is 24.1 Å². The molecule has 0 spiro atoms. The highest BCUT2D eigenvalue weighted by molar-refractivity contribution is 6.03. The quantitative estimate of drug-likeness (QED) is 0.835. The van der Waals surface area contributed by atoms with Crippen LogP contribution in [0, 0.1) is 12.8 Å². The first-order valence-corrected chi connectivity index (χ1v) is 6.58. The molecule has 0 aliphatic carbocycles. The number of nitrogens with two attached hydrogens (primary N) is 2. The summed E-state index contributed by atoms with van der Waals surface area (Å²) in [7, 11) is 0. The average Bonchev–Trinajstić information content (AvgIpc) is 2.46. The summed E-state index contributed by atoms with van der Waals surface area (Å²) in [5.74, 6) is -0.158. The number of carbonyl (C=O) groups excluding carboxylic acids is 1. The van der Waals surface area contributed by atoms with Crippen LogP contribution in [-0.2, 0) is 0 Å². The van der Waals surface area contributed by atoms with E-state index < -0.39 is 0 Å². The molecule has 0 saturated heterocycles. The number of nitrogen functional groups attached to an aromatic ring is 1. The van der Waals surface area contributed by atoms with Crippen LogP contribution in [0.15, 0.2) is 42.6 Å². The van der Waals surface area contributed by atoms with Crippen LogP contribution >= 0.6 is 0 Å². The number of benzene rings is 1. The van der Waals surface area contributed by atoms with Gasteiger partial charge in [-0.2, -0.15) is 0 Å². The smallest absolute Gasteiger partial charge is 0.171 e. The molecule has 2 aromatic rings. The summed E-state index contributed by atoms with van der Waals surface area (Å²) in [5, 5.41) is 0. The Kier molecular flexibility index (Phi) is 4.15. The van der Waals surface area contributed by atoms with E-state index in [2.05, 4.69) is 4.98 Å². The molecule has 0 saturated carbocycles. The van der Waals surface area contributed by atoms with E-state index in [1.54, 1.807) is 12.3 Å². The summed E-state index contributed by atoms with van der Waals surface area (Å²) < 4.78 is 0. The highest BCUT2D eigenvalue weighted by atomic mass is 16.1. The Hall–Kier alpha value is -2.20. The Bertz CT molecular complexity index is 590. The lowest BCUT2D eigenvalue weighted by molar-refractivity contribution is 0.0913. The molecule has 0 amide bonds. The molecule has 0 aliphatic rings. The molecule has 20 heavy (non-hydrogen) atoms. The van der Waals surface area contributed by atoms with E-state index in [1.807, 2.05) is 44.2 Å². The Morgan fingerprint density at radius 2 is 1.85 bits per heavy atom. The summed E-state index contributed by atoms with van der Waals surface area (Å²) in [4.78, 5) is 16.6. The van der Waals surface area contributed by atoms with Crippen molar-refractivity contribution in [3.8, 4) is 0 Å². The van der Waals surface area contributed by atoms with Crippen molar-refractivity contribution in [3.63, 3.8) is 0 Å². The molecule has 0 radical (unpaired) electrons. The minimum absolute atomic E-state index is 0.0653. The van der Waals surface area contributed by atoms with Crippen LogP contribution in [0.25, 0.3) is 0 Å². The number of hydrogen-bond donors (Lipinski definition) is 2. The standard InChI is InChI=1S/C16H19N3O/c1-10-8-9-19-16(18)13(10)15(20)11(2)14(17)12-6-4-3-5-7-12/h3-9,11,14H,17H2,1-2H3,(H2,18,19). The summed E-state index contributed by atoms with van der Waals surface area (Å²) in [6.45, 7) is 3.68. The second-order valence-corrected chi connectivity index (χ2v) is 4.98. The molecule has 4 N–H and O–H groups in total. The highest BCUT2D eigenvalue weighted by Crippen LogP contribution is 2.26. The van der Waals surface area contributed by atoms with E-state index in [1.165, 1.54) is 0 Å². The van der Waals surface area contributed by atoms with Gasteiger partial charge in [0.2, 0.25) is 0 Å². The van der Waals surface area contributed by atoms with Crippen LogP contribution < -0.4 is 11.5 Å². The second-order valence-electron chi connectivity index (χ2n) is 4.98. The topological polar surface area (TPSA) is 82.0 Å². The van der Waals surface area contributed by atoms with Gasteiger partial charge in [0.15, 0.2) is 5.78 Å². The van der Waals surface area contributed by atoms with Crippen molar-refractivity contribution in [1.82, 2.24) is 4.98 Å². The van der Waals surface area contributed by atoms with Crippen LogP contribution in [0.4, 0.5) is 5.82 Å². The molecule has 0 aliphatic heterocycles. The number of Topliss-reactive ketones (excluding diaryl/α,β-unsaturated/α-hetero) is 1. The number of ketones is 1. The van der Waals surface area contributed by atoms with Crippen LogP contribution in [0.5, 0.6) is 0 Å². The van der Waals surface area contributed by atoms with Crippen LogP contribution in [0.2, 0.25) is 0 Å². The number of rotatable bonds is 4. The van der Waals surface area contributed by atoms with E-state index in [0.29, 0.717) is 5.56 Å². The lowest BCUT2D eigenvalue weighted by Crippen LogP contribution is -2.27. The zero-order valence-electron chi connectivity index (χ0n) is 11.7. The first-order chi connectivity index (χ1) is 9.52. The molecule has 2 atom stereocenters. The molecular formula is C16H19N3O. The summed E-state index contributed by atoms with van der Waals surface area (Å²) in [6.07, 6.45) is 1.60. The van der Waals surface area contributed by atoms with Gasteiger partial charge in [0.25, 0.3) is 0 Å². The number of carbonyl (C=O) groups is 1. The third-order valence-corrected chi connectivity index (χ3v) is 3.57. The van der Waals surface area contributed by atoms with Gasteiger partial charge >= 0.3 is 0 Å². The molecule has 1 heterocycles. The molecule has 104 valence electrons. The molecule has 4 nitrogen and oxygen atoms in total. The molecule has 2 unspecified atom stereocenters. The Labute approximate surface area is 118 Å². The van der Waals surface area contributed by atoms with Gasteiger partial charge in [-0.25, -0.2) is 4.98 Å². The van der Waals surface area contributed by atoms with Crippen molar-refractivity contribution in [2.45, 2.75) is 19.9 Å². The largest absolute Gasteiger partial charge is 0.383 e. The predicted molar refractivity (Wildman–Crippen MR) is 80.3 cm³/mol. The zero-order chi connectivity index (χ0) is 14.7. The third-order valence-electron chi connectivity index (χ3n) is 3.57. The molecule has 0 fully saturated rings. The fourth-order valence-corrected chi connectivity index (χ4v) is 2.25. The predicted octanol–water partition coefficient (Wildman–Crippen LogP) is 2.49. The number of aryl methyl sites for hydroxylation is 1. The highest BCUT2D eigenvalue weighted by Gasteiger charge is 2.26. The van der Waals surface area contributed by atoms with Gasteiger partial charge in [0.1, 0.15) is 5.82 Å². The molecule has 1 aromatic heterocycles. The van der Waals surface area contributed by atoms with Gasteiger partial charge in [-0.15, -0.1) is 0 Å². The molecule has 2 rings (SSSR count). The van der Waals surface area contributed by atoms with E-state index in [4.69, 9.17) is 11.5 Å². The first kappa shape index (κ1) is 14.2. The van der Waals surface area contributed by atoms with Crippen LogP contribution in [-0.4, -0.2) is 10.8 Å². The van der Waals surface area contributed by atoms with Crippen LogP contribution in [0.3, 0.4) is 0 Å². The van der Waals surface area contributed by atoms with Crippen LogP contribution in [0.1, 0.15) is 34.5 Å². The molecule has 0 bridgehead atoms. The fraction of sp³-hybridized carbons (Fsp3) is 0.250. The molecule has 4 heteroatoms. The van der Waals surface area contributed by atoms with Crippen molar-refractivity contribution >= 4 is 11.6 Å². The first-order valence-electron chi connectivity index (χ1n) is 6.58. The van der Waals surface area contributed by atoms with E-state index in [9.17, 15) is 4.79 Å². The van der Waals surface area contributed by atoms with Gasteiger partial charge in [0, 0.05) is 18.2 Å². The maximum atomic E-state index is 12.6. The summed E-state index contributed by atoms with van der Waals surface area (Å²) in [6, 6.07) is 11.0. The fourth-order valence-electron chi connectivity index (χ4n) is 2.25. The maximum absolute atomic E-state index is 12.6. The Morgan fingerprint density at radius 3 is 2.45 bits per heavy atom. The van der Waals surface area contributed by atoms with Gasteiger partial charge in [-0.1, -0.05) is 37.3 Å². The SMILES string of the molecule is Cc1ccnc(N)c1C(=O)C(C)C(N)c1ccccc1. The maximum Gasteiger partial charge on any atom is 0.171 e. The normalized spacial score (nSPS) is 13.8. The molecule has 1 aromatic carbocycles. The number of aromatic nitrogens is 1. The number of hydrogen-bond acceptors (Lipinski definition) is 4. The van der Waals surface area contributed by atoms with E-state index in [-0.39, 0.29) is 23.6 Å². The Morgan fingerprint density at radius 1 is 1.20 bits per heavy atom. The van der Waals surface area contributed by atoms with Gasteiger partial charge < -0.3 is 11.5 Å². The van der Waals surface area contributed by atoms with Crippen molar-refractivity contribution in [1.29, 1.82) is 0 Å². The average molecular weight is 269 g/mol. The minimum Gasteiger partial charge on any atom is -0.383 e. The zero-order valence-corrected chi connectivity index (χ0v) is 11.7. The Balaban J connectivity index is 2.29.